The van der Waals surface area contributed by atoms with Crippen molar-refractivity contribution in [3.8, 4) is 5.75 Å². The topological polar surface area (TPSA) is 92.8 Å². The van der Waals surface area contributed by atoms with Gasteiger partial charge in [0.05, 0.1) is 29.1 Å². The highest BCUT2D eigenvalue weighted by atomic mass is 32.2. The number of ether oxygens (including phenoxy) is 1. The van der Waals surface area contributed by atoms with Gasteiger partial charge >= 0.3 is 0 Å². The normalized spacial score (nSPS) is 14.5. The van der Waals surface area contributed by atoms with Gasteiger partial charge in [-0.15, -0.1) is 0 Å². The first-order valence-corrected chi connectivity index (χ1v) is 11.3. The highest BCUT2D eigenvalue weighted by Gasteiger charge is 2.26. The molecule has 1 heterocycles. The summed E-state index contributed by atoms with van der Waals surface area (Å²) in [4.78, 5) is 0.164. The van der Waals surface area contributed by atoms with E-state index in [0.29, 0.717) is 17.1 Å². The summed E-state index contributed by atoms with van der Waals surface area (Å²) >= 11 is 0. The zero-order valence-electron chi connectivity index (χ0n) is 14.7. The summed E-state index contributed by atoms with van der Waals surface area (Å²) in [5.74, 6) is 0.321. The van der Waals surface area contributed by atoms with Gasteiger partial charge in [-0.3, -0.25) is 9.03 Å². The molecule has 26 heavy (non-hydrogen) atoms. The van der Waals surface area contributed by atoms with E-state index >= 15 is 0 Å². The first-order valence-electron chi connectivity index (χ1n) is 7.92. The van der Waals surface area contributed by atoms with E-state index in [4.69, 9.17) is 4.74 Å². The molecule has 0 spiro atoms. The molecule has 1 N–H and O–H groups in total. The van der Waals surface area contributed by atoms with Crippen molar-refractivity contribution in [3.63, 3.8) is 0 Å². The fraction of sp³-hybridized carbons (Fsp3) is 0.294. The molecule has 1 aliphatic heterocycles. The zero-order chi connectivity index (χ0) is 19.1. The van der Waals surface area contributed by atoms with Gasteiger partial charge in [0.25, 0.3) is 10.0 Å². The van der Waals surface area contributed by atoms with Crippen LogP contribution in [0.1, 0.15) is 11.1 Å². The Morgan fingerprint density at radius 2 is 1.73 bits per heavy atom. The van der Waals surface area contributed by atoms with E-state index in [1.54, 1.807) is 18.2 Å². The summed E-state index contributed by atoms with van der Waals surface area (Å²) in [5, 5.41) is 0. The number of sulfonamides is 2. The Labute approximate surface area is 153 Å². The van der Waals surface area contributed by atoms with Crippen molar-refractivity contribution in [1.29, 1.82) is 0 Å². The predicted octanol–water partition coefficient (Wildman–Crippen LogP) is 2.26. The molecule has 1 aliphatic rings. The molecule has 0 amide bonds. The molecule has 0 saturated heterocycles. The third kappa shape index (κ3) is 3.63. The second-order valence-electron chi connectivity index (χ2n) is 6.22. The second-order valence-corrected chi connectivity index (χ2v) is 9.81. The van der Waals surface area contributed by atoms with Crippen LogP contribution in [0.25, 0.3) is 0 Å². The molecule has 140 valence electrons. The number of hydrogen-bond donors (Lipinski definition) is 1. The molecule has 0 saturated carbocycles. The Bertz CT molecular complexity index is 1060. The van der Waals surface area contributed by atoms with E-state index in [-0.39, 0.29) is 18.0 Å². The molecule has 0 bridgehead atoms. The monoisotopic (exact) mass is 396 g/mol. The third-order valence-corrected chi connectivity index (χ3v) is 6.78. The Morgan fingerprint density at radius 3 is 2.38 bits per heavy atom. The molecule has 0 unspecified atom stereocenters. The maximum atomic E-state index is 12.6. The molecule has 0 aromatic heterocycles. The van der Waals surface area contributed by atoms with Crippen molar-refractivity contribution in [2.24, 2.45) is 0 Å². The van der Waals surface area contributed by atoms with Crippen LogP contribution >= 0.6 is 0 Å². The summed E-state index contributed by atoms with van der Waals surface area (Å²) in [6.07, 6.45) is 1.12. The lowest BCUT2D eigenvalue weighted by Crippen LogP contribution is -2.37. The molecule has 7 nitrogen and oxygen atoms in total. The third-order valence-electron chi connectivity index (χ3n) is 4.22. The highest BCUT2D eigenvalue weighted by molar-refractivity contribution is 7.92. The van der Waals surface area contributed by atoms with E-state index in [2.05, 4.69) is 4.72 Å². The van der Waals surface area contributed by atoms with Crippen LogP contribution in [-0.2, 0) is 20.0 Å². The van der Waals surface area contributed by atoms with Crippen LogP contribution in [0.3, 0.4) is 0 Å². The second kappa shape index (κ2) is 6.48. The fourth-order valence-corrected chi connectivity index (χ4v) is 4.75. The molecule has 0 fully saturated rings. The summed E-state index contributed by atoms with van der Waals surface area (Å²) in [7, 11) is -7.18. The van der Waals surface area contributed by atoms with Gasteiger partial charge in [0.15, 0.2) is 0 Å². The van der Waals surface area contributed by atoms with Crippen molar-refractivity contribution in [2.75, 3.05) is 28.4 Å². The minimum Gasteiger partial charge on any atom is -0.489 e. The lowest BCUT2D eigenvalue weighted by atomic mass is 10.1. The van der Waals surface area contributed by atoms with Gasteiger partial charge in [0.2, 0.25) is 10.0 Å². The SMILES string of the molecule is Cc1ccc(S(=O)(=O)Nc2ccc3c(c2)OCCN3S(C)(=O)=O)cc1C. The molecular formula is C17H20N2O5S2. The summed E-state index contributed by atoms with van der Waals surface area (Å²) < 4.78 is 58.2. The first kappa shape index (κ1) is 18.5. The van der Waals surface area contributed by atoms with E-state index in [9.17, 15) is 16.8 Å². The van der Waals surface area contributed by atoms with Gasteiger partial charge in [-0.25, -0.2) is 16.8 Å². The molecule has 0 radical (unpaired) electrons. The number of anilines is 2. The lowest BCUT2D eigenvalue weighted by Gasteiger charge is -2.29. The largest absolute Gasteiger partial charge is 0.489 e. The van der Waals surface area contributed by atoms with Crippen LogP contribution in [0, 0.1) is 13.8 Å². The number of nitrogens with zero attached hydrogens (tertiary/aromatic N) is 1. The molecule has 2 aromatic rings. The van der Waals surface area contributed by atoms with E-state index < -0.39 is 20.0 Å². The highest BCUT2D eigenvalue weighted by Crippen LogP contribution is 2.36. The maximum Gasteiger partial charge on any atom is 0.261 e. The first-order chi connectivity index (χ1) is 12.1. The summed E-state index contributed by atoms with van der Waals surface area (Å²) in [6.45, 7) is 4.18. The molecular weight excluding hydrogens is 376 g/mol. The van der Waals surface area contributed by atoms with Crippen molar-refractivity contribution in [3.05, 3.63) is 47.5 Å². The number of fused-ring (bicyclic) bond motifs is 1. The zero-order valence-corrected chi connectivity index (χ0v) is 16.3. The van der Waals surface area contributed by atoms with Gasteiger partial charge < -0.3 is 4.74 Å². The number of aryl methyl sites for hydroxylation is 2. The Kier molecular flexibility index (Phi) is 4.61. The number of rotatable bonds is 4. The van der Waals surface area contributed by atoms with Gasteiger partial charge in [-0.2, -0.15) is 0 Å². The van der Waals surface area contributed by atoms with Crippen molar-refractivity contribution >= 4 is 31.4 Å². The van der Waals surface area contributed by atoms with Crippen LogP contribution in [0.4, 0.5) is 11.4 Å². The Hall–Kier alpha value is -2.26. The van der Waals surface area contributed by atoms with Crippen LogP contribution < -0.4 is 13.8 Å². The lowest BCUT2D eigenvalue weighted by molar-refractivity contribution is 0.316. The Balaban J connectivity index is 1.93. The Morgan fingerprint density at radius 1 is 1.00 bits per heavy atom. The number of benzene rings is 2. The van der Waals surface area contributed by atoms with E-state index in [1.807, 2.05) is 13.8 Å². The average Bonchev–Trinajstić information content (AvgIpc) is 2.55. The van der Waals surface area contributed by atoms with Gasteiger partial charge in [0.1, 0.15) is 12.4 Å². The quantitative estimate of drug-likeness (QED) is 0.856. The van der Waals surface area contributed by atoms with Gasteiger partial charge in [0, 0.05) is 6.07 Å². The van der Waals surface area contributed by atoms with Crippen LogP contribution in [0.5, 0.6) is 5.75 Å². The molecule has 2 aromatic carbocycles. The molecule has 9 heteroatoms. The summed E-state index contributed by atoms with van der Waals surface area (Å²) in [6, 6.07) is 9.45. The van der Waals surface area contributed by atoms with Crippen LogP contribution in [0.15, 0.2) is 41.3 Å². The van der Waals surface area contributed by atoms with E-state index in [1.165, 1.54) is 22.5 Å². The summed E-state index contributed by atoms with van der Waals surface area (Å²) in [5.41, 5.74) is 2.59. The van der Waals surface area contributed by atoms with Gasteiger partial charge in [-0.05, 0) is 49.2 Å². The van der Waals surface area contributed by atoms with Crippen molar-refractivity contribution < 1.29 is 21.6 Å². The van der Waals surface area contributed by atoms with Crippen LogP contribution in [-0.4, -0.2) is 36.2 Å². The van der Waals surface area contributed by atoms with Crippen molar-refractivity contribution in [2.45, 2.75) is 18.7 Å². The fourth-order valence-electron chi connectivity index (χ4n) is 2.70. The maximum absolute atomic E-state index is 12.6. The van der Waals surface area contributed by atoms with Crippen LogP contribution in [0.2, 0.25) is 0 Å². The average molecular weight is 396 g/mol. The van der Waals surface area contributed by atoms with Gasteiger partial charge in [-0.1, -0.05) is 6.07 Å². The van der Waals surface area contributed by atoms with E-state index in [0.717, 1.165) is 17.4 Å². The standard InChI is InChI=1S/C17H20N2O5S2/c1-12-4-6-15(10-13(12)2)26(22,23)18-14-5-7-16-17(11-14)24-9-8-19(16)25(3,20)21/h4-7,10-11,18H,8-9H2,1-3H3. The molecule has 0 atom stereocenters. The molecule has 0 aliphatic carbocycles. The smallest absolute Gasteiger partial charge is 0.261 e. The predicted molar refractivity (Wildman–Crippen MR) is 101 cm³/mol. The minimum absolute atomic E-state index is 0.164. The molecule has 3 rings (SSSR count). The number of nitrogens with one attached hydrogen (secondary N) is 1. The minimum atomic E-state index is -3.76. The number of hydrogen-bond acceptors (Lipinski definition) is 5. The van der Waals surface area contributed by atoms with Crippen molar-refractivity contribution in [1.82, 2.24) is 0 Å².